The number of carbonyl (C=O) groups is 1. The Kier molecular flexibility index (Phi) is 5.15. The molecule has 1 unspecified atom stereocenters. The van der Waals surface area contributed by atoms with Crippen molar-refractivity contribution >= 4 is 31.5 Å². The molecule has 1 amide bonds. The summed E-state index contributed by atoms with van der Waals surface area (Å²) in [5, 5.41) is 0. The fourth-order valence-electron chi connectivity index (χ4n) is 2.58. The molecule has 0 aromatic heterocycles. The van der Waals surface area contributed by atoms with Crippen LogP contribution in [-0.2, 0) is 20.4 Å². The summed E-state index contributed by atoms with van der Waals surface area (Å²) in [6.45, 7) is 0.161. The molecule has 0 saturated heterocycles. The number of amides is 1. The molecule has 0 aliphatic carbocycles. The van der Waals surface area contributed by atoms with E-state index in [2.05, 4.69) is 0 Å². The second kappa shape index (κ2) is 7.33. The SMILES string of the molecule is O=C(OCc1ccccc1)N1CC(CS(=O)(=O)Cl)Oc2ccccc21. The van der Waals surface area contributed by atoms with E-state index in [0.29, 0.717) is 11.4 Å². The van der Waals surface area contributed by atoms with Gasteiger partial charge in [-0.3, -0.25) is 4.90 Å². The summed E-state index contributed by atoms with van der Waals surface area (Å²) in [7, 11) is 1.56. The highest BCUT2D eigenvalue weighted by Gasteiger charge is 2.32. The molecule has 1 aliphatic rings. The second-order valence-electron chi connectivity index (χ2n) is 5.56. The Balaban J connectivity index is 1.77. The number of rotatable bonds is 4. The minimum atomic E-state index is -3.76. The van der Waals surface area contributed by atoms with E-state index in [0.717, 1.165) is 5.56 Å². The molecule has 8 heteroatoms. The van der Waals surface area contributed by atoms with E-state index >= 15 is 0 Å². The molecule has 0 radical (unpaired) electrons. The molecular weight excluding hydrogens is 366 g/mol. The Morgan fingerprint density at radius 3 is 2.56 bits per heavy atom. The number of hydrogen-bond donors (Lipinski definition) is 0. The number of carbonyl (C=O) groups excluding carboxylic acids is 1. The summed E-state index contributed by atoms with van der Waals surface area (Å²) in [4.78, 5) is 13.9. The van der Waals surface area contributed by atoms with Gasteiger partial charge in [0.15, 0.2) is 0 Å². The predicted molar refractivity (Wildman–Crippen MR) is 94.5 cm³/mol. The summed E-state index contributed by atoms with van der Waals surface area (Å²) >= 11 is 0. The number of halogens is 1. The molecule has 1 heterocycles. The van der Waals surface area contributed by atoms with Gasteiger partial charge in [-0.25, -0.2) is 13.2 Å². The zero-order valence-electron chi connectivity index (χ0n) is 13.2. The van der Waals surface area contributed by atoms with Crippen LogP contribution in [0.2, 0.25) is 0 Å². The maximum absolute atomic E-state index is 12.5. The van der Waals surface area contributed by atoms with Crippen LogP contribution in [0.25, 0.3) is 0 Å². The lowest BCUT2D eigenvalue weighted by atomic mass is 10.2. The van der Waals surface area contributed by atoms with Gasteiger partial charge in [0, 0.05) is 10.7 Å². The summed E-state index contributed by atoms with van der Waals surface area (Å²) in [5.41, 5.74) is 1.39. The Hall–Kier alpha value is -2.25. The van der Waals surface area contributed by atoms with Gasteiger partial charge < -0.3 is 9.47 Å². The zero-order valence-corrected chi connectivity index (χ0v) is 14.7. The molecule has 6 nitrogen and oxygen atoms in total. The van der Waals surface area contributed by atoms with Crippen molar-refractivity contribution in [3.63, 3.8) is 0 Å². The fourth-order valence-corrected chi connectivity index (χ4v) is 3.62. The minimum Gasteiger partial charge on any atom is -0.485 e. The molecule has 0 saturated carbocycles. The van der Waals surface area contributed by atoms with Crippen LogP contribution in [0.3, 0.4) is 0 Å². The van der Waals surface area contributed by atoms with E-state index in [1.807, 2.05) is 30.3 Å². The molecule has 0 fully saturated rings. The minimum absolute atomic E-state index is 0.0383. The lowest BCUT2D eigenvalue weighted by Crippen LogP contribution is -2.46. The first-order chi connectivity index (χ1) is 11.9. The van der Waals surface area contributed by atoms with E-state index in [-0.39, 0.29) is 13.2 Å². The van der Waals surface area contributed by atoms with Crippen molar-refractivity contribution in [3.05, 3.63) is 60.2 Å². The maximum Gasteiger partial charge on any atom is 0.414 e. The number of benzene rings is 2. The normalized spacial score (nSPS) is 16.7. The van der Waals surface area contributed by atoms with Crippen LogP contribution in [0.5, 0.6) is 5.75 Å². The predicted octanol–water partition coefficient (Wildman–Crippen LogP) is 3.16. The van der Waals surface area contributed by atoms with E-state index < -0.39 is 27.0 Å². The highest BCUT2D eigenvalue weighted by atomic mass is 35.7. The molecule has 0 bridgehead atoms. The summed E-state index contributed by atoms with van der Waals surface area (Å²) in [6, 6.07) is 16.2. The molecule has 132 valence electrons. The van der Waals surface area contributed by atoms with Crippen molar-refractivity contribution in [2.45, 2.75) is 12.7 Å². The molecule has 0 N–H and O–H groups in total. The number of ether oxygens (including phenoxy) is 2. The number of fused-ring (bicyclic) bond motifs is 1. The van der Waals surface area contributed by atoms with Crippen molar-refractivity contribution in [1.82, 2.24) is 0 Å². The van der Waals surface area contributed by atoms with E-state index in [1.165, 1.54) is 4.90 Å². The van der Waals surface area contributed by atoms with Crippen molar-refractivity contribution in [2.75, 3.05) is 17.2 Å². The van der Waals surface area contributed by atoms with Gasteiger partial charge in [-0.05, 0) is 17.7 Å². The van der Waals surface area contributed by atoms with Gasteiger partial charge in [-0.2, -0.15) is 0 Å². The average Bonchev–Trinajstić information content (AvgIpc) is 2.58. The summed E-state index contributed by atoms with van der Waals surface area (Å²) in [5.74, 6) is 0.0152. The number of anilines is 1. The van der Waals surface area contributed by atoms with Gasteiger partial charge in [-0.15, -0.1) is 0 Å². The number of nitrogens with zero attached hydrogens (tertiary/aromatic N) is 1. The van der Waals surface area contributed by atoms with Crippen LogP contribution in [-0.4, -0.2) is 32.9 Å². The molecule has 3 rings (SSSR count). The molecule has 2 aromatic carbocycles. The smallest absolute Gasteiger partial charge is 0.414 e. The third-order valence-electron chi connectivity index (χ3n) is 3.65. The highest BCUT2D eigenvalue weighted by Crippen LogP contribution is 2.34. The van der Waals surface area contributed by atoms with Gasteiger partial charge in [0.1, 0.15) is 24.2 Å². The van der Waals surface area contributed by atoms with Crippen LogP contribution in [0.15, 0.2) is 54.6 Å². The quantitative estimate of drug-likeness (QED) is 0.760. The highest BCUT2D eigenvalue weighted by molar-refractivity contribution is 8.13. The van der Waals surface area contributed by atoms with Crippen molar-refractivity contribution in [3.8, 4) is 5.75 Å². The Morgan fingerprint density at radius 2 is 1.84 bits per heavy atom. The molecule has 1 aliphatic heterocycles. The number of para-hydroxylation sites is 2. The lowest BCUT2D eigenvalue weighted by molar-refractivity contribution is 0.138. The zero-order chi connectivity index (χ0) is 17.9. The first-order valence-corrected chi connectivity index (χ1v) is 10.1. The van der Waals surface area contributed by atoms with Crippen LogP contribution in [0.1, 0.15) is 5.56 Å². The van der Waals surface area contributed by atoms with Crippen LogP contribution >= 0.6 is 10.7 Å². The third-order valence-corrected chi connectivity index (χ3v) is 4.79. The monoisotopic (exact) mass is 381 g/mol. The van der Waals surface area contributed by atoms with Crippen LogP contribution in [0, 0.1) is 0 Å². The first kappa shape index (κ1) is 17.6. The standard InChI is InChI=1S/C17H16ClNO5S/c18-25(21,22)12-14-10-19(15-8-4-5-9-16(15)24-14)17(20)23-11-13-6-2-1-3-7-13/h1-9,14H,10-12H2. The Morgan fingerprint density at radius 1 is 1.16 bits per heavy atom. The Labute approximate surface area is 150 Å². The van der Waals surface area contributed by atoms with Crippen LogP contribution in [0.4, 0.5) is 10.5 Å². The molecule has 0 spiro atoms. The van der Waals surface area contributed by atoms with E-state index in [9.17, 15) is 13.2 Å². The molecule has 1 atom stereocenters. The maximum atomic E-state index is 12.5. The van der Waals surface area contributed by atoms with Crippen molar-refractivity contribution in [2.24, 2.45) is 0 Å². The van der Waals surface area contributed by atoms with Gasteiger partial charge >= 0.3 is 6.09 Å². The molecule has 25 heavy (non-hydrogen) atoms. The summed E-state index contributed by atoms with van der Waals surface area (Å²) < 4.78 is 33.7. The van der Waals surface area contributed by atoms with Crippen molar-refractivity contribution in [1.29, 1.82) is 0 Å². The summed E-state index contributed by atoms with van der Waals surface area (Å²) in [6.07, 6.45) is -1.33. The largest absolute Gasteiger partial charge is 0.485 e. The third kappa shape index (κ3) is 4.64. The van der Waals surface area contributed by atoms with Gasteiger partial charge in [-0.1, -0.05) is 42.5 Å². The lowest BCUT2D eigenvalue weighted by Gasteiger charge is -2.33. The van der Waals surface area contributed by atoms with Crippen molar-refractivity contribution < 1.29 is 22.7 Å². The van der Waals surface area contributed by atoms with Crippen LogP contribution < -0.4 is 9.64 Å². The van der Waals surface area contributed by atoms with E-state index in [4.69, 9.17) is 20.2 Å². The van der Waals surface area contributed by atoms with Gasteiger partial charge in [0.25, 0.3) is 0 Å². The van der Waals surface area contributed by atoms with Gasteiger partial charge in [0.2, 0.25) is 9.05 Å². The topological polar surface area (TPSA) is 72.9 Å². The Bertz CT molecular complexity index is 856. The second-order valence-corrected chi connectivity index (χ2v) is 8.39. The van der Waals surface area contributed by atoms with Gasteiger partial charge in [0.05, 0.1) is 12.2 Å². The van der Waals surface area contributed by atoms with E-state index in [1.54, 1.807) is 24.3 Å². The molecular formula is C17H16ClNO5S. The number of hydrogen-bond acceptors (Lipinski definition) is 5. The average molecular weight is 382 g/mol. The molecule has 2 aromatic rings. The fraction of sp³-hybridized carbons (Fsp3) is 0.235. The first-order valence-electron chi connectivity index (χ1n) is 7.58.